The Kier molecular flexibility index (Phi) is 6.73. The minimum atomic E-state index is -0.256. The zero-order valence-corrected chi connectivity index (χ0v) is 18.9. The number of nitrogens with zero attached hydrogens (tertiary/aromatic N) is 3. The summed E-state index contributed by atoms with van der Waals surface area (Å²) in [6, 6.07) is 22.4. The molecule has 0 saturated carbocycles. The van der Waals surface area contributed by atoms with Gasteiger partial charge in [-0.1, -0.05) is 65.7 Å². The smallest absolute Gasteiger partial charge is 0.281 e. The topological polar surface area (TPSA) is 71.8 Å². The third-order valence-corrected chi connectivity index (χ3v) is 5.41. The lowest BCUT2D eigenvalue weighted by molar-refractivity contribution is 0.0947. The Hall–Kier alpha value is -3.35. The Balaban J connectivity index is 1.58. The minimum Gasteiger partial charge on any atom is -0.350 e. The molecule has 32 heavy (non-hydrogen) atoms. The van der Waals surface area contributed by atoms with E-state index in [1.54, 1.807) is 6.07 Å². The molecule has 0 aliphatic rings. The van der Waals surface area contributed by atoms with E-state index >= 15 is 0 Å². The maximum absolute atomic E-state index is 13.2. The van der Waals surface area contributed by atoms with Crippen LogP contribution in [0.15, 0.2) is 72.8 Å². The molecule has 4 rings (SSSR count). The fraction of sp³-hybridized carbons (Fsp3) is 0.125. The average Bonchev–Trinajstić information content (AvgIpc) is 3.21. The van der Waals surface area contributed by atoms with Crippen LogP contribution in [0.1, 0.15) is 27.0 Å². The molecule has 3 aromatic carbocycles. The molecule has 0 aliphatic heterocycles. The predicted molar refractivity (Wildman–Crippen MR) is 128 cm³/mol. The van der Waals surface area contributed by atoms with Gasteiger partial charge >= 0.3 is 0 Å². The molecule has 1 aromatic heterocycles. The molecule has 0 atom stereocenters. The molecule has 8 heteroatoms. The molecule has 1 heterocycles. The Morgan fingerprint density at radius 3 is 2.00 bits per heavy atom. The molecule has 6 nitrogen and oxygen atoms in total. The number of benzene rings is 3. The SMILES string of the molecule is Cc1ccccc1C(=O)n1nc(NCc2ccc(Cl)cc2)nc1NCc1ccc(Cl)cc1. The predicted octanol–water partition coefficient (Wildman–Crippen LogP) is 5.81. The van der Waals surface area contributed by atoms with Crippen LogP contribution < -0.4 is 10.6 Å². The van der Waals surface area contributed by atoms with E-state index in [0.717, 1.165) is 16.7 Å². The second-order valence-electron chi connectivity index (χ2n) is 7.25. The maximum Gasteiger partial charge on any atom is 0.281 e. The molecular formula is C24H21Cl2N5O. The lowest BCUT2D eigenvalue weighted by atomic mass is 10.1. The second-order valence-corrected chi connectivity index (χ2v) is 8.12. The first-order valence-electron chi connectivity index (χ1n) is 10.0. The van der Waals surface area contributed by atoms with Crippen LogP contribution in [0.3, 0.4) is 0 Å². The van der Waals surface area contributed by atoms with E-state index in [2.05, 4.69) is 20.7 Å². The first kappa shape index (κ1) is 21.9. The monoisotopic (exact) mass is 465 g/mol. The fourth-order valence-corrected chi connectivity index (χ4v) is 3.39. The largest absolute Gasteiger partial charge is 0.350 e. The summed E-state index contributed by atoms with van der Waals surface area (Å²) in [6.45, 7) is 2.86. The van der Waals surface area contributed by atoms with Crippen molar-refractivity contribution in [1.82, 2.24) is 14.8 Å². The van der Waals surface area contributed by atoms with Gasteiger partial charge in [0.25, 0.3) is 5.91 Å². The maximum atomic E-state index is 13.2. The first-order valence-corrected chi connectivity index (χ1v) is 10.8. The Labute approximate surface area is 196 Å². The number of carbonyl (C=O) groups excluding carboxylic acids is 1. The number of rotatable bonds is 7. The van der Waals surface area contributed by atoms with Crippen molar-refractivity contribution in [2.24, 2.45) is 0 Å². The van der Waals surface area contributed by atoms with Crippen LogP contribution in [-0.4, -0.2) is 20.7 Å². The summed E-state index contributed by atoms with van der Waals surface area (Å²) in [5, 5.41) is 12.1. The third kappa shape index (κ3) is 5.28. The van der Waals surface area contributed by atoms with Gasteiger partial charge in [-0.3, -0.25) is 4.79 Å². The van der Waals surface area contributed by atoms with E-state index in [1.165, 1.54) is 4.68 Å². The second kappa shape index (κ2) is 9.85. The number of hydrogen-bond donors (Lipinski definition) is 2. The summed E-state index contributed by atoms with van der Waals surface area (Å²) in [7, 11) is 0. The number of anilines is 2. The van der Waals surface area contributed by atoms with Crippen molar-refractivity contribution in [3.8, 4) is 0 Å². The van der Waals surface area contributed by atoms with Gasteiger partial charge in [-0.15, -0.1) is 5.10 Å². The van der Waals surface area contributed by atoms with Crippen LogP contribution in [-0.2, 0) is 13.1 Å². The summed E-state index contributed by atoms with van der Waals surface area (Å²) >= 11 is 11.9. The van der Waals surface area contributed by atoms with Gasteiger partial charge in [0.2, 0.25) is 11.9 Å². The molecule has 0 bridgehead atoms. The highest BCUT2D eigenvalue weighted by molar-refractivity contribution is 6.30. The number of aryl methyl sites for hydroxylation is 1. The van der Waals surface area contributed by atoms with Crippen LogP contribution in [0.4, 0.5) is 11.9 Å². The van der Waals surface area contributed by atoms with Crippen LogP contribution in [0.5, 0.6) is 0 Å². The molecule has 162 valence electrons. The highest BCUT2D eigenvalue weighted by Crippen LogP contribution is 2.18. The highest BCUT2D eigenvalue weighted by Gasteiger charge is 2.19. The van der Waals surface area contributed by atoms with Gasteiger partial charge in [0, 0.05) is 28.7 Å². The van der Waals surface area contributed by atoms with Crippen molar-refractivity contribution in [3.05, 3.63) is 105 Å². The number of halogens is 2. The summed E-state index contributed by atoms with van der Waals surface area (Å²) in [6.07, 6.45) is 0. The van der Waals surface area contributed by atoms with Gasteiger partial charge in [0.1, 0.15) is 0 Å². The van der Waals surface area contributed by atoms with E-state index in [1.807, 2.05) is 73.7 Å². The van der Waals surface area contributed by atoms with E-state index < -0.39 is 0 Å². The molecule has 0 amide bonds. The molecule has 4 aromatic rings. The molecule has 0 radical (unpaired) electrons. The van der Waals surface area contributed by atoms with E-state index in [9.17, 15) is 4.79 Å². The molecule has 0 fully saturated rings. The third-order valence-electron chi connectivity index (χ3n) is 4.90. The molecule has 0 aliphatic carbocycles. The lowest BCUT2D eigenvalue weighted by Gasteiger charge is -2.08. The van der Waals surface area contributed by atoms with E-state index in [4.69, 9.17) is 23.2 Å². The van der Waals surface area contributed by atoms with Crippen LogP contribution >= 0.6 is 23.2 Å². The van der Waals surface area contributed by atoms with Crippen LogP contribution in [0, 0.1) is 6.92 Å². The Morgan fingerprint density at radius 2 is 1.41 bits per heavy atom. The van der Waals surface area contributed by atoms with Gasteiger partial charge in [-0.25, -0.2) is 0 Å². The van der Waals surface area contributed by atoms with Crippen LogP contribution in [0.25, 0.3) is 0 Å². The first-order chi connectivity index (χ1) is 15.5. The number of hydrogen-bond acceptors (Lipinski definition) is 5. The highest BCUT2D eigenvalue weighted by atomic mass is 35.5. The number of aromatic nitrogens is 3. The van der Waals surface area contributed by atoms with Crippen molar-refractivity contribution >= 4 is 41.0 Å². The van der Waals surface area contributed by atoms with Crippen molar-refractivity contribution in [3.63, 3.8) is 0 Å². The van der Waals surface area contributed by atoms with Gasteiger partial charge in [-0.05, 0) is 53.9 Å². The normalized spacial score (nSPS) is 10.7. The Bertz CT molecular complexity index is 1220. The molecular weight excluding hydrogens is 445 g/mol. The van der Waals surface area contributed by atoms with Crippen molar-refractivity contribution in [1.29, 1.82) is 0 Å². The van der Waals surface area contributed by atoms with E-state index in [-0.39, 0.29) is 5.91 Å². The van der Waals surface area contributed by atoms with Gasteiger partial charge in [0.05, 0.1) is 0 Å². The number of carbonyl (C=O) groups is 1. The van der Waals surface area contributed by atoms with Crippen molar-refractivity contribution in [2.75, 3.05) is 10.6 Å². The summed E-state index contributed by atoms with van der Waals surface area (Å²) < 4.78 is 1.29. The van der Waals surface area contributed by atoms with Gasteiger partial charge in [-0.2, -0.15) is 9.67 Å². The number of nitrogens with one attached hydrogen (secondary N) is 2. The molecule has 2 N–H and O–H groups in total. The van der Waals surface area contributed by atoms with Gasteiger partial charge in [0.15, 0.2) is 0 Å². The molecule has 0 saturated heterocycles. The molecule has 0 unspecified atom stereocenters. The summed E-state index contributed by atoms with van der Waals surface area (Å²) in [4.78, 5) is 17.7. The minimum absolute atomic E-state index is 0.256. The summed E-state index contributed by atoms with van der Waals surface area (Å²) in [5.41, 5.74) is 3.46. The standard InChI is InChI=1S/C24H21Cl2N5O/c1-16-4-2-3-5-21(16)22(32)31-24(28-15-18-8-12-20(26)13-9-18)29-23(30-31)27-14-17-6-10-19(25)11-7-17/h2-13H,14-15H2,1H3,(H2,27,28,29,30). The fourth-order valence-electron chi connectivity index (χ4n) is 3.14. The lowest BCUT2D eigenvalue weighted by Crippen LogP contribution is -2.18. The average molecular weight is 466 g/mol. The van der Waals surface area contributed by atoms with E-state index in [0.29, 0.717) is 40.6 Å². The zero-order chi connectivity index (χ0) is 22.5. The van der Waals surface area contributed by atoms with Crippen molar-refractivity contribution in [2.45, 2.75) is 20.0 Å². The summed E-state index contributed by atoms with van der Waals surface area (Å²) in [5.74, 6) is 0.445. The Morgan fingerprint density at radius 1 is 0.844 bits per heavy atom. The van der Waals surface area contributed by atoms with Gasteiger partial charge < -0.3 is 10.6 Å². The quantitative estimate of drug-likeness (QED) is 0.360. The van der Waals surface area contributed by atoms with Crippen LogP contribution in [0.2, 0.25) is 10.0 Å². The van der Waals surface area contributed by atoms with Crippen molar-refractivity contribution < 1.29 is 4.79 Å². The molecule has 0 spiro atoms. The zero-order valence-electron chi connectivity index (χ0n) is 17.3.